The van der Waals surface area contributed by atoms with Crippen molar-refractivity contribution < 1.29 is 24.9 Å². The van der Waals surface area contributed by atoms with E-state index < -0.39 is 30.3 Å². The molecule has 0 bridgehead atoms. The molecule has 5 atom stereocenters. The highest BCUT2D eigenvalue weighted by molar-refractivity contribution is 5.79. The van der Waals surface area contributed by atoms with E-state index in [0.29, 0.717) is 0 Å². The maximum absolute atomic E-state index is 10.9. The summed E-state index contributed by atoms with van der Waals surface area (Å²) >= 11 is 0. The minimum absolute atomic E-state index is 0.248. The molecule has 0 saturated carbocycles. The number of aliphatic hydroxyl groups is 3. The third kappa shape index (κ3) is 5.14. The van der Waals surface area contributed by atoms with E-state index in [-0.39, 0.29) is 5.92 Å². The van der Waals surface area contributed by atoms with Gasteiger partial charge in [-0.3, -0.25) is 4.79 Å². The molecule has 0 aromatic carbocycles. The summed E-state index contributed by atoms with van der Waals surface area (Å²) in [5.41, 5.74) is 5.00. The predicted octanol–water partition coefficient (Wildman–Crippen LogP) is -0.828. The molecule has 0 heterocycles. The number of primary amides is 1. The van der Waals surface area contributed by atoms with E-state index in [0.717, 1.165) is 6.42 Å². The number of carbonyl (C=O) groups excluding carboxylic acids is 1. The van der Waals surface area contributed by atoms with E-state index in [9.17, 15) is 20.1 Å². The lowest BCUT2D eigenvalue weighted by atomic mass is 10.0. The molecule has 0 radical (unpaired) electrons. The second-order valence-electron chi connectivity index (χ2n) is 4.30. The zero-order valence-electron chi connectivity index (χ0n) is 11.0. The molecule has 0 aromatic heterocycles. The van der Waals surface area contributed by atoms with Gasteiger partial charge in [0.1, 0.15) is 18.3 Å². The Labute approximate surface area is 107 Å². The first-order valence-corrected chi connectivity index (χ1v) is 5.89. The predicted molar refractivity (Wildman–Crippen MR) is 66.6 cm³/mol. The van der Waals surface area contributed by atoms with Crippen LogP contribution in [0.2, 0.25) is 0 Å². The standard InChI is InChI=1S/C12H23NO5/c1-4-7(2)5-6-8(14)9(15)10(16)11(18-3)12(13)17/h5-11,14-16H,4H2,1-3H3,(H2,13,17)/t7?,8-,9+,10-,11-/m1/s1. The highest BCUT2D eigenvalue weighted by Crippen LogP contribution is 2.10. The summed E-state index contributed by atoms with van der Waals surface area (Å²) in [5, 5.41) is 29.0. The monoisotopic (exact) mass is 261 g/mol. The number of allylic oxidation sites excluding steroid dienone is 1. The molecule has 6 nitrogen and oxygen atoms in total. The number of amides is 1. The first-order valence-electron chi connectivity index (χ1n) is 5.89. The van der Waals surface area contributed by atoms with Crippen LogP contribution < -0.4 is 5.73 Å². The molecule has 5 N–H and O–H groups in total. The van der Waals surface area contributed by atoms with E-state index in [1.54, 1.807) is 6.08 Å². The third-order valence-corrected chi connectivity index (χ3v) is 2.83. The van der Waals surface area contributed by atoms with Gasteiger partial charge >= 0.3 is 0 Å². The number of ether oxygens (including phenoxy) is 1. The van der Waals surface area contributed by atoms with E-state index in [2.05, 4.69) is 4.74 Å². The van der Waals surface area contributed by atoms with Crippen LogP contribution in [-0.2, 0) is 9.53 Å². The van der Waals surface area contributed by atoms with E-state index in [1.807, 2.05) is 13.8 Å². The molecule has 0 spiro atoms. The fraction of sp³-hybridized carbons (Fsp3) is 0.750. The van der Waals surface area contributed by atoms with Crippen molar-refractivity contribution in [3.63, 3.8) is 0 Å². The van der Waals surface area contributed by atoms with Crippen molar-refractivity contribution in [1.29, 1.82) is 0 Å². The quantitative estimate of drug-likeness (QED) is 0.426. The van der Waals surface area contributed by atoms with Crippen molar-refractivity contribution in [2.45, 2.75) is 44.7 Å². The molecule has 0 rings (SSSR count). The average Bonchev–Trinajstić information content (AvgIpc) is 2.34. The average molecular weight is 261 g/mol. The number of hydrogen-bond donors (Lipinski definition) is 4. The second kappa shape index (κ2) is 8.20. The molecule has 0 aromatic rings. The Morgan fingerprint density at radius 2 is 1.83 bits per heavy atom. The van der Waals surface area contributed by atoms with Gasteiger partial charge in [0.05, 0.1) is 0 Å². The van der Waals surface area contributed by atoms with Crippen LogP contribution in [0.3, 0.4) is 0 Å². The van der Waals surface area contributed by atoms with Crippen molar-refractivity contribution in [2.24, 2.45) is 11.7 Å². The molecule has 6 heteroatoms. The van der Waals surface area contributed by atoms with Gasteiger partial charge in [0.25, 0.3) is 0 Å². The maximum Gasteiger partial charge on any atom is 0.249 e. The first-order chi connectivity index (χ1) is 8.34. The third-order valence-electron chi connectivity index (χ3n) is 2.83. The molecule has 0 aliphatic heterocycles. The topological polar surface area (TPSA) is 113 Å². The molecule has 0 aliphatic rings. The van der Waals surface area contributed by atoms with Crippen LogP contribution in [0.5, 0.6) is 0 Å². The largest absolute Gasteiger partial charge is 0.387 e. The SMILES string of the molecule is CCC(C)C=C[C@@H](O)[C@H](O)[C@@H](O)[C@@H](OC)C(N)=O. The fourth-order valence-corrected chi connectivity index (χ4v) is 1.36. The van der Waals surface area contributed by atoms with Crippen LogP contribution >= 0.6 is 0 Å². The molecular formula is C12H23NO5. The number of aliphatic hydroxyl groups excluding tert-OH is 3. The van der Waals surface area contributed by atoms with Gasteiger partial charge in [-0.05, 0) is 5.92 Å². The molecule has 0 saturated heterocycles. The Bertz CT molecular complexity index is 282. The summed E-state index contributed by atoms with van der Waals surface area (Å²) in [5.74, 6) is -0.652. The zero-order chi connectivity index (χ0) is 14.3. The first kappa shape index (κ1) is 17.1. The van der Waals surface area contributed by atoms with Gasteiger partial charge < -0.3 is 25.8 Å². The van der Waals surface area contributed by atoms with Crippen molar-refractivity contribution in [1.82, 2.24) is 0 Å². The number of nitrogens with two attached hydrogens (primary N) is 1. The van der Waals surface area contributed by atoms with Crippen LogP contribution in [0.1, 0.15) is 20.3 Å². The van der Waals surface area contributed by atoms with Crippen molar-refractivity contribution in [3.05, 3.63) is 12.2 Å². The Balaban J connectivity index is 4.57. The summed E-state index contributed by atoms with van der Waals surface area (Å²) in [4.78, 5) is 10.9. The molecule has 0 fully saturated rings. The fourth-order valence-electron chi connectivity index (χ4n) is 1.36. The van der Waals surface area contributed by atoms with Crippen molar-refractivity contribution in [2.75, 3.05) is 7.11 Å². The minimum Gasteiger partial charge on any atom is -0.387 e. The second-order valence-corrected chi connectivity index (χ2v) is 4.30. The molecule has 1 amide bonds. The van der Waals surface area contributed by atoms with Gasteiger partial charge in [0, 0.05) is 7.11 Å². The Hall–Kier alpha value is -0.950. The van der Waals surface area contributed by atoms with E-state index in [1.165, 1.54) is 13.2 Å². The van der Waals surface area contributed by atoms with Gasteiger partial charge in [0.2, 0.25) is 5.91 Å². The van der Waals surface area contributed by atoms with Gasteiger partial charge in [-0.1, -0.05) is 32.4 Å². The normalized spacial score (nSPS) is 20.3. The molecule has 0 aliphatic carbocycles. The molecule has 18 heavy (non-hydrogen) atoms. The zero-order valence-corrected chi connectivity index (χ0v) is 11.0. The van der Waals surface area contributed by atoms with Crippen LogP contribution in [0.4, 0.5) is 0 Å². The van der Waals surface area contributed by atoms with Crippen LogP contribution in [0, 0.1) is 5.92 Å². The lowest BCUT2D eigenvalue weighted by Crippen LogP contribution is -2.50. The van der Waals surface area contributed by atoms with Crippen molar-refractivity contribution in [3.8, 4) is 0 Å². The van der Waals surface area contributed by atoms with Crippen molar-refractivity contribution >= 4 is 5.91 Å². The van der Waals surface area contributed by atoms with Gasteiger partial charge in [-0.2, -0.15) is 0 Å². The minimum atomic E-state index is -1.58. The number of methoxy groups -OCH3 is 1. The smallest absolute Gasteiger partial charge is 0.249 e. The van der Waals surface area contributed by atoms with Gasteiger partial charge in [-0.15, -0.1) is 0 Å². The van der Waals surface area contributed by atoms with E-state index in [4.69, 9.17) is 5.73 Å². The lowest BCUT2D eigenvalue weighted by molar-refractivity contribution is -0.145. The summed E-state index contributed by atoms with van der Waals surface area (Å²) < 4.78 is 4.67. The summed E-state index contributed by atoms with van der Waals surface area (Å²) in [6, 6.07) is 0. The Morgan fingerprint density at radius 1 is 1.28 bits per heavy atom. The van der Waals surface area contributed by atoms with Crippen LogP contribution in [0.15, 0.2) is 12.2 Å². The summed E-state index contributed by atoms with van der Waals surface area (Å²) in [6.45, 7) is 3.94. The lowest BCUT2D eigenvalue weighted by Gasteiger charge is -2.25. The number of hydrogen-bond acceptors (Lipinski definition) is 5. The summed E-state index contributed by atoms with van der Waals surface area (Å²) in [7, 11) is 1.19. The molecular weight excluding hydrogens is 238 g/mol. The van der Waals surface area contributed by atoms with E-state index >= 15 is 0 Å². The van der Waals surface area contributed by atoms with Crippen LogP contribution in [0.25, 0.3) is 0 Å². The maximum atomic E-state index is 10.9. The van der Waals surface area contributed by atoms with Crippen LogP contribution in [-0.4, -0.2) is 52.8 Å². The molecule has 106 valence electrons. The number of rotatable bonds is 8. The summed E-state index contributed by atoms with van der Waals surface area (Å²) in [6.07, 6.45) is -1.75. The van der Waals surface area contributed by atoms with Gasteiger partial charge in [0.15, 0.2) is 6.10 Å². The Morgan fingerprint density at radius 3 is 2.22 bits per heavy atom. The Kier molecular flexibility index (Phi) is 7.77. The highest BCUT2D eigenvalue weighted by Gasteiger charge is 2.33. The highest BCUT2D eigenvalue weighted by atomic mass is 16.5. The van der Waals surface area contributed by atoms with Gasteiger partial charge in [-0.25, -0.2) is 0 Å². The number of carbonyl (C=O) groups is 1. The molecule has 1 unspecified atom stereocenters.